The Bertz CT molecular complexity index is 1360. The number of aryl methyl sites for hydroxylation is 1. The lowest BCUT2D eigenvalue weighted by Gasteiger charge is -2.11. The number of carbonyl (C=O) groups excluding carboxylic acids is 1. The van der Waals surface area contributed by atoms with Crippen LogP contribution in [-0.4, -0.2) is 34.7 Å². The number of ether oxygens (including phenoxy) is 3. The zero-order valence-electron chi connectivity index (χ0n) is 18.3. The van der Waals surface area contributed by atoms with Crippen LogP contribution >= 0.6 is 11.3 Å². The van der Waals surface area contributed by atoms with Crippen molar-refractivity contribution in [3.63, 3.8) is 0 Å². The van der Waals surface area contributed by atoms with Gasteiger partial charge in [0.2, 0.25) is 4.96 Å². The standard InChI is InChI=1S/C23H22N4O5S/c1-4-20-26-27-21(28)12-16(25-23(27)33-20)13-32-17-7-5-6-15(11-17)24-22(29)14-8-9-18(30-2)19(10-14)31-3/h5-12H,4,13H2,1-3H3,(H,24,29). The van der Waals surface area contributed by atoms with E-state index in [0.717, 1.165) is 11.4 Å². The van der Waals surface area contributed by atoms with Crippen molar-refractivity contribution in [2.24, 2.45) is 0 Å². The molecule has 0 bridgehead atoms. The van der Waals surface area contributed by atoms with Crippen molar-refractivity contribution in [2.45, 2.75) is 20.0 Å². The number of fused-ring (bicyclic) bond motifs is 1. The molecule has 0 radical (unpaired) electrons. The summed E-state index contributed by atoms with van der Waals surface area (Å²) in [5.74, 6) is 1.24. The second-order valence-corrected chi connectivity index (χ2v) is 8.01. The first-order valence-corrected chi connectivity index (χ1v) is 11.0. The molecule has 0 saturated carbocycles. The van der Waals surface area contributed by atoms with Gasteiger partial charge in [0.05, 0.1) is 19.9 Å². The van der Waals surface area contributed by atoms with Crippen LogP contribution in [0, 0.1) is 0 Å². The van der Waals surface area contributed by atoms with Crippen LogP contribution in [0.25, 0.3) is 4.96 Å². The second-order valence-electron chi connectivity index (χ2n) is 6.97. The van der Waals surface area contributed by atoms with E-state index in [-0.39, 0.29) is 18.1 Å². The number of nitrogens with zero attached hydrogens (tertiary/aromatic N) is 3. The van der Waals surface area contributed by atoms with E-state index in [1.54, 1.807) is 42.5 Å². The topological polar surface area (TPSA) is 104 Å². The van der Waals surface area contributed by atoms with E-state index in [9.17, 15) is 9.59 Å². The van der Waals surface area contributed by atoms with Crippen molar-refractivity contribution in [2.75, 3.05) is 19.5 Å². The summed E-state index contributed by atoms with van der Waals surface area (Å²) in [6.45, 7) is 2.09. The third-order valence-electron chi connectivity index (χ3n) is 4.77. The summed E-state index contributed by atoms with van der Waals surface area (Å²) in [5.41, 5.74) is 1.25. The van der Waals surface area contributed by atoms with E-state index < -0.39 is 0 Å². The fourth-order valence-corrected chi connectivity index (χ4v) is 3.97. The molecular formula is C23H22N4O5S. The van der Waals surface area contributed by atoms with E-state index in [2.05, 4.69) is 15.4 Å². The maximum atomic E-state index is 12.7. The van der Waals surface area contributed by atoms with Crippen molar-refractivity contribution in [3.05, 3.63) is 75.1 Å². The number of methoxy groups -OCH3 is 2. The number of anilines is 1. The zero-order valence-corrected chi connectivity index (χ0v) is 19.1. The number of amides is 1. The molecule has 0 saturated heterocycles. The summed E-state index contributed by atoms with van der Waals surface area (Å²) in [5, 5.41) is 7.92. The van der Waals surface area contributed by atoms with Crippen molar-refractivity contribution in [1.29, 1.82) is 0 Å². The Balaban J connectivity index is 1.45. The Morgan fingerprint density at radius 3 is 2.67 bits per heavy atom. The summed E-state index contributed by atoms with van der Waals surface area (Å²) in [4.78, 5) is 29.9. The van der Waals surface area contributed by atoms with Crippen LogP contribution in [0.2, 0.25) is 0 Å². The minimum Gasteiger partial charge on any atom is -0.493 e. The molecule has 0 fully saturated rings. The van der Waals surface area contributed by atoms with Crippen LogP contribution in [0.4, 0.5) is 5.69 Å². The van der Waals surface area contributed by atoms with E-state index >= 15 is 0 Å². The Hall–Kier alpha value is -3.92. The van der Waals surface area contributed by atoms with E-state index in [1.807, 2.05) is 6.92 Å². The SMILES string of the molecule is CCc1nn2c(=O)cc(COc3cccc(NC(=O)c4ccc(OC)c(OC)c4)c3)nc2s1. The average molecular weight is 467 g/mol. The van der Waals surface area contributed by atoms with Gasteiger partial charge in [-0.1, -0.05) is 24.3 Å². The number of hydrogen-bond acceptors (Lipinski definition) is 8. The van der Waals surface area contributed by atoms with Gasteiger partial charge in [-0.15, -0.1) is 0 Å². The minimum atomic E-state index is -0.301. The number of carbonyl (C=O) groups is 1. The monoisotopic (exact) mass is 466 g/mol. The Morgan fingerprint density at radius 1 is 1.09 bits per heavy atom. The Morgan fingerprint density at radius 2 is 1.91 bits per heavy atom. The number of benzene rings is 2. The van der Waals surface area contributed by atoms with Gasteiger partial charge < -0.3 is 19.5 Å². The summed E-state index contributed by atoms with van der Waals surface area (Å²) >= 11 is 1.38. The highest BCUT2D eigenvalue weighted by Crippen LogP contribution is 2.28. The normalized spacial score (nSPS) is 10.8. The molecule has 0 spiro atoms. The van der Waals surface area contributed by atoms with Crippen LogP contribution < -0.4 is 25.1 Å². The summed E-state index contributed by atoms with van der Waals surface area (Å²) < 4.78 is 17.6. The Kier molecular flexibility index (Phi) is 6.55. The predicted molar refractivity (Wildman–Crippen MR) is 125 cm³/mol. The largest absolute Gasteiger partial charge is 0.493 e. The molecule has 9 nitrogen and oxygen atoms in total. The van der Waals surface area contributed by atoms with Gasteiger partial charge in [0.15, 0.2) is 11.5 Å². The third kappa shape index (κ3) is 4.96. The van der Waals surface area contributed by atoms with Crippen LogP contribution in [0.1, 0.15) is 28.0 Å². The van der Waals surface area contributed by atoms with Crippen LogP contribution in [-0.2, 0) is 13.0 Å². The lowest BCUT2D eigenvalue weighted by molar-refractivity contribution is 0.102. The quantitative estimate of drug-likeness (QED) is 0.423. The Labute approximate surface area is 193 Å². The molecule has 2 aromatic carbocycles. The molecule has 0 unspecified atom stereocenters. The first-order chi connectivity index (χ1) is 16.0. The molecule has 2 aromatic heterocycles. The third-order valence-corrected chi connectivity index (χ3v) is 5.82. The highest BCUT2D eigenvalue weighted by atomic mass is 32.1. The average Bonchev–Trinajstić information content (AvgIpc) is 3.26. The highest BCUT2D eigenvalue weighted by Gasteiger charge is 2.12. The highest BCUT2D eigenvalue weighted by molar-refractivity contribution is 7.16. The maximum Gasteiger partial charge on any atom is 0.275 e. The molecule has 4 aromatic rings. The van der Waals surface area contributed by atoms with Gasteiger partial charge in [-0.2, -0.15) is 9.61 Å². The number of nitrogens with one attached hydrogen (secondary N) is 1. The van der Waals surface area contributed by atoms with Crippen molar-refractivity contribution in [1.82, 2.24) is 14.6 Å². The van der Waals surface area contributed by atoms with E-state index in [1.165, 1.54) is 36.1 Å². The molecule has 0 aliphatic carbocycles. The van der Waals surface area contributed by atoms with Gasteiger partial charge in [-0.25, -0.2) is 4.98 Å². The second kappa shape index (κ2) is 9.70. The molecule has 0 atom stereocenters. The summed E-state index contributed by atoms with van der Waals surface area (Å²) in [6, 6.07) is 13.3. The van der Waals surface area contributed by atoms with E-state index in [4.69, 9.17) is 14.2 Å². The minimum absolute atomic E-state index is 0.109. The van der Waals surface area contributed by atoms with Crippen LogP contribution in [0.15, 0.2) is 53.3 Å². The van der Waals surface area contributed by atoms with Gasteiger partial charge in [-0.05, 0) is 36.8 Å². The number of aromatic nitrogens is 3. The molecule has 2 heterocycles. The smallest absolute Gasteiger partial charge is 0.275 e. The molecule has 170 valence electrons. The van der Waals surface area contributed by atoms with Gasteiger partial charge in [0.1, 0.15) is 17.4 Å². The summed E-state index contributed by atoms with van der Waals surface area (Å²) in [7, 11) is 3.05. The number of hydrogen-bond donors (Lipinski definition) is 1. The predicted octanol–water partition coefficient (Wildman–Crippen LogP) is 3.56. The molecule has 0 aliphatic heterocycles. The van der Waals surface area contributed by atoms with Gasteiger partial charge in [-0.3, -0.25) is 9.59 Å². The lowest BCUT2D eigenvalue weighted by atomic mass is 10.2. The van der Waals surface area contributed by atoms with E-state index in [0.29, 0.717) is 39.2 Å². The first kappa shape index (κ1) is 22.3. The summed E-state index contributed by atoms with van der Waals surface area (Å²) in [6.07, 6.45) is 0.737. The molecule has 10 heteroatoms. The molecular weight excluding hydrogens is 444 g/mol. The lowest BCUT2D eigenvalue weighted by Crippen LogP contribution is -2.16. The van der Waals surface area contributed by atoms with Crippen molar-refractivity contribution < 1.29 is 19.0 Å². The fraction of sp³-hybridized carbons (Fsp3) is 0.217. The maximum absolute atomic E-state index is 12.7. The van der Waals surface area contributed by atoms with Crippen LogP contribution in [0.5, 0.6) is 17.2 Å². The van der Waals surface area contributed by atoms with Gasteiger partial charge in [0.25, 0.3) is 11.5 Å². The first-order valence-electron chi connectivity index (χ1n) is 10.2. The van der Waals surface area contributed by atoms with Crippen molar-refractivity contribution >= 4 is 27.9 Å². The molecule has 1 N–H and O–H groups in total. The van der Waals surface area contributed by atoms with Crippen molar-refractivity contribution in [3.8, 4) is 17.2 Å². The molecule has 0 aliphatic rings. The number of rotatable bonds is 8. The molecule has 1 amide bonds. The zero-order chi connectivity index (χ0) is 23.4. The van der Waals surface area contributed by atoms with Gasteiger partial charge in [0, 0.05) is 23.4 Å². The van der Waals surface area contributed by atoms with Crippen LogP contribution in [0.3, 0.4) is 0 Å². The molecule has 4 rings (SSSR count). The fourth-order valence-electron chi connectivity index (χ4n) is 3.11. The van der Waals surface area contributed by atoms with Gasteiger partial charge >= 0.3 is 0 Å². The molecule has 33 heavy (non-hydrogen) atoms.